The van der Waals surface area contributed by atoms with Crippen LogP contribution in [0.2, 0.25) is 0 Å². The Labute approximate surface area is 378 Å². The van der Waals surface area contributed by atoms with E-state index >= 15 is 0 Å². The molecular weight excluding hydrogens is 893 g/mol. The third-order valence-electron chi connectivity index (χ3n) is 9.78. The Bertz CT molecular complexity index is 3090. The molecule has 0 atom stereocenters. The first-order chi connectivity index (χ1) is 29.7. The number of ether oxygens (including phenoxy) is 1. The maximum Gasteiger partial charge on any atom is 0.297 e. The summed E-state index contributed by atoms with van der Waals surface area (Å²) < 4.78 is 126. The van der Waals surface area contributed by atoms with Gasteiger partial charge in [0.15, 0.2) is 0 Å². The number of benzene rings is 6. The molecule has 15 heteroatoms. The number of hydrogen-bond donors (Lipinski definition) is 0. The molecule has 6 rings (SSSR count). The summed E-state index contributed by atoms with van der Waals surface area (Å²) in [7, 11) is -16.4. The fourth-order valence-electron chi connectivity index (χ4n) is 6.32. The molecule has 0 heterocycles. The van der Waals surface area contributed by atoms with Crippen molar-refractivity contribution in [2.45, 2.75) is 91.2 Å². The van der Waals surface area contributed by atoms with Crippen LogP contribution in [0.15, 0.2) is 163 Å². The number of rotatable bonds is 15. The average molecular weight is 945 g/mol. The van der Waals surface area contributed by atoms with Gasteiger partial charge in [-0.25, -0.2) is 16.8 Å². The second-order valence-corrected chi connectivity index (χ2v) is 25.1. The molecule has 0 unspecified atom stereocenters. The van der Waals surface area contributed by atoms with Crippen molar-refractivity contribution in [1.82, 2.24) is 0 Å². The van der Waals surface area contributed by atoms with E-state index in [1.807, 2.05) is 48.5 Å². The summed E-state index contributed by atoms with van der Waals surface area (Å²) in [6.45, 7) is 14.4. The zero-order chi connectivity index (χ0) is 46.9. The van der Waals surface area contributed by atoms with Gasteiger partial charge in [-0.2, -0.15) is 16.8 Å². The van der Waals surface area contributed by atoms with Crippen LogP contribution in [0.1, 0.15) is 63.8 Å². The van der Waals surface area contributed by atoms with Crippen molar-refractivity contribution in [2.75, 3.05) is 13.2 Å². The fourth-order valence-corrected chi connectivity index (χ4v) is 11.6. The Kier molecular flexibility index (Phi) is 13.9. The molecule has 0 spiro atoms. The molecule has 0 amide bonds. The van der Waals surface area contributed by atoms with Crippen molar-refractivity contribution < 1.29 is 46.8 Å². The normalized spacial score (nSPS) is 12.9. The minimum Gasteiger partial charge on any atom is -0.457 e. The molecule has 0 aliphatic carbocycles. The smallest absolute Gasteiger partial charge is 0.297 e. The van der Waals surface area contributed by atoms with Crippen LogP contribution in [-0.4, -0.2) is 46.9 Å². The predicted molar refractivity (Wildman–Crippen MR) is 246 cm³/mol. The Morgan fingerprint density at radius 1 is 0.406 bits per heavy atom. The van der Waals surface area contributed by atoms with Crippen LogP contribution in [0.25, 0.3) is 11.1 Å². The first-order valence-corrected chi connectivity index (χ1v) is 26.1. The van der Waals surface area contributed by atoms with Gasteiger partial charge in [0.25, 0.3) is 20.2 Å². The Balaban J connectivity index is 1.22. The third-order valence-corrected chi connectivity index (χ3v) is 16.0. The molecule has 6 aromatic carbocycles. The van der Waals surface area contributed by atoms with Crippen LogP contribution in [0.4, 0.5) is 0 Å². The lowest BCUT2D eigenvalue weighted by Crippen LogP contribution is -2.20. The van der Waals surface area contributed by atoms with Gasteiger partial charge in [-0.15, -0.1) is 0 Å². The maximum atomic E-state index is 14.0. The topological polar surface area (TPSA) is 164 Å². The van der Waals surface area contributed by atoms with Gasteiger partial charge < -0.3 is 4.74 Å². The van der Waals surface area contributed by atoms with Crippen LogP contribution in [0, 0.1) is 24.7 Å². The number of hydrogen-bond acceptors (Lipinski definition) is 11. The Hall–Kier alpha value is -5.16. The fraction of sp³-hybridized carbons (Fsp3) is 0.265. The van der Waals surface area contributed by atoms with Crippen molar-refractivity contribution in [3.05, 3.63) is 156 Å². The molecule has 0 saturated carbocycles. The van der Waals surface area contributed by atoms with E-state index in [0.717, 1.165) is 5.56 Å². The SMILES string of the molecule is Cc1ccc(S(=O)(=O)c2ccc(Oc3ccc(S(=O)(=O)c4ccc(Cc5ccc(-c6ccc(C)cc6S(=O)(=O)OCC(C)(C)C)c(S(=O)(=O)OCC(C)(C)C)c5)cc4)cc3)cc2)cc1. The third kappa shape index (κ3) is 11.7. The van der Waals surface area contributed by atoms with E-state index in [9.17, 15) is 33.7 Å². The minimum absolute atomic E-state index is 0.0223. The first kappa shape index (κ1) is 48.3. The summed E-state index contributed by atoms with van der Waals surface area (Å²) in [5.41, 5.74) is 2.10. The number of sulfone groups is 2. The van der Waals surface area contributed by atoms with Crippen molar-refractivity contribution in [3.8, 4) is 22.6 Å². The molecule has 11 nitrogen and oxygen atoms in total. The molecule has 64 heavy (non-hydrogen) atoms. The summed E-state index contributed by atoms with van der Waals surface area (Å²) in [4.78, 5) is -0.0472. The number of aryl methyl sites for hydroxylation is 2. The van der Waals surface area contributed by atoms with Gasteiger partial charge in [0.1, 0.15) is 21.3 Å². The zero-order valence-electron chi connectivity index (χ0n) is 36.9. The highest BCUT2D eigenvalue weighted by Crippen LogP contribution is 2.37. The molecule has 0 bridgehead atoms. The molecule has 0 fully saturated rings. The summed E-state index contributed by atoms with van der Waals surface area (Å²) >= 11 is 0. The summed E-state index contributed by atoms with van der Waals surface area (Å²) in [5.74, 6) is 0.702. The minimum atomic E-state index is -4.44. The molecule has 6 aromatic rings. The largest absolute Gasteiger partial charge is 0.457 e. The maximum absolute atomic E-state index is 14.0. The molecule has 0 saturated heterocycles. The first-order valence-electron chi connectivity index (χ1n) is 20.3. The average Bonchev–Trinajstić information content (AvgIpc) is 3.23. The van der Waals surface area contributed by atoms with Crippen LogP contribution in [-0.2, 0) is 54.7 Å². The summed E-state index contributed by atoms with van der Waals surface area (Å²) in [5, 5.41) is 0. The standard InChI is InChI=1S/C49H52O11S4/c1-34-9-19-40(20-10-34)61(50,51)42-23-15-38(16-24-42)60-39-17-25-43(26-18-39)62(52,53)41-21-12-36(13-22-41)30-37-14-28-45(47(31-37)64(56,57)59-33-49(6,7)8)44-27-11-35(2)29-46(44)63(54,55)58-32-48(3,4)5/h9-29,31H,30,32-33H2,1-8H3. The molecule has 0 aliphatic rings. The predicted octanol–water partition coefficient (Wildman–Crippen LogP) is 10.5. The lowest BCUT2D eigenvalue weighted by Gasteiger charge is -2.21. The van der Waals surface area contributed by atoms with Crippen molar-refractivity contribution in [3.63, 3.8) is 0 Å². The highest BCUT2D eigenvalue weighted by Gasteiger charge is 2.30. The lowest BCUT2D eigenvalue weighted by molar-refractivity contribution is 0.203. The van der Waals surface area contributed by atoms with Crippen molar-refractivity contribution >= 4 is 39.9 Å². The van der Waals surface area contributed by atoms with Crippen LogP contribution in [0.5, 0.6) is 11.5 Å². The van der Waals surface area contributed by atoms with Gasteiger partial charge in [0.05, 0.1) is 32.8 Å². The molecular formula is C49H52O11S4. The lowest BCUT2D eigenvalue weighted by atomic mass is 9.99. The molecule has 0 radical (unpaired) electrons. The van der Waals surface area contributed by atoms with E-state index in [4.69, 9.17) is 13.1 Å². The Morgan fingerprint density at radius 2 is 0.750 bits per heavy atom. The van der Waals surface area contributed by atoms with E-state index in [2.05, 4.69) is 0 Å². The molecule has 338 valence electrons. The molecule has 0 N–H and O–H groups in total. The Morgan fingerprint density at radius 3 is 1.17 bits per heavy atom. The highest BCUT2D eigenvalue weighted by atomic mass is 32.2. The van der Waals surface area contributed by atoms with Crippen LogP contribution < -0.4 is 4.74 Å². The molecule has 0 aromatic heterocycles. The summed E-state index contributed by atoms with van der Waals surface area (Å²) in [6.07, 6.45) is 0.209. The van der Waals surface area contributed by atoms with E-state index in [1.165, 1.54) is 72.8 Å². The van der Waals surface area contributed by atoms with Crippen LogP contribution >= 0.6 is 0 Å². The van der Waals surface area contributed by atoms with Gasteiger partial charge >= 0.3 is 0 Å². The monoisotopic (exact) mass is 944 g/mol. The van der Waals surface area contributed by atoms with Gasteiger partial charge in [-0.3, -0.25) is 8.37 Å². The van der Waals surface area contributed by atoms with Gasteiger partial charge in [0, 0.05) is 11.1 Å². The van der Waals surface area contributed by atoms with Gasteiger partial charge in [0.2, 0.25) is 19.7 Å². The van der Waals surface area contributed by atoms with E-state index < -0.39 is 50.7 Å². The second-order valence-electron chi connectivity index (χ2n) is 18.1. The van der Waals surface area contributed by atoms with E-state index in [0.29, 0.717) is 28.2 Å². The van der Waals surface area contributed by atoms with Gasteiger partial charge in [-0.1, -0.05) is 95.6 Å². The van der Waals surface area contributed by atoms with Crippen LogP contribution in [0.3, 0.4) is 0 Å². The van der Waals surface area contributed by atoms with E-state index in [-0.39, 0.29) is 60.1 Å². The quantitative estimate of drug-likeness (QED) is 0.0900. The van der Waals surface area contributed by atoms with E-state index in [1.54, 1.807) is 67.6 Å². The molecule has 0 aliphatic heterocycles. The zero-order valence-corrected chi connectivity index (χ0v) is 40.2. The van der Waals surface area contributed by atoms with Crippen molar-refractivity contribution in [2.24, 2.45) is 10.8 Å². The van der Waals surface area contributed by atoms with Crippen molar-refractivity contribution in [1.29, 1.82) is 0 Å². The highest BCUT2D eigenvalue weighted by molar-refractivity contribution is 7.91. The van der Waals surface area contributed by atoms with Gasteiger partial charge in [-0.05, 0) is 133 Å². The summed E-state index contributed by atoms with van der Waals surface area (Å²) in [6, 6.07) is 34.0. The second kappa shape index (κ2) is 18.4.